The molecular weight excluding hydrogens is 338 g/mol. The minimum atomic E-state index is -0.507. The number of carbonyl (C=O) groups excluding carboxylic acids is 2. The van der Waals surface area contributed by atoms with Crippen molar-refractivity contribution in [3.05, 3.63) is 82.1 Å². The highest BCUT2D eigenvalue weighted by Gasteiger charge is 2.37. The first-order valence-electron chi connectivity index (χ1n) is 8.97. The molecule has 1 heterocycles. The van der Waals surface area contributed by atoms with Gasteiger partial charge in [-0.2, -0.15) is 0 Å². The molecule has 0 unspecified atom stereocenters. The number of esters is 1. The second kappa shape index (κ2) is 7.62. The molecule has 0 atom stereocenters. The highest BCUT2D eigenvalue weighted by molar-refractivity contribution is 6.23. The van der Waals surface area contributed by atoms with Crippen LogP contribution in [0.3, 0.4) is 0 Å². The van der Waals surface area contributed by atoms with Gasteiger partial charge in [-0.1, -0.05) is 43.3 Å². The monoisotopic (exact) mass is 361 g/mol. The van der Waals surface area contributed by atoms with Crippen LogP contribution in [-0.2, 0) is 20.7 Å². The molecule has 4 nitrogen and oxygen atoms in total. The molecule has 0 saturated carbocycles. The van der Waals surface area contributed by atoms with Crippen molar-refractivity contribution in [2.45, 2.75) is 27.2 Å². The predicted molar refractivity (Wildman–Crippen MR) is 107 cm³/mol. The van der Waals surface area contributed by atoms with Crippen LogP contribution < -0.4 is 4.90 Å². The number of hydrogen-bond acceptors (Lipinski definition) is 3. The fourth-order valence-electron chi connectivity index (χ4n) is 3.27. The zero-order valence-corrected chi connectivity index (χ0v) is 16.1. The Morgan fingerprint density at radius 2 is 1.81 bits per heavy atom. The Hall–Kier alpha value is -3.14. The molecule has 0 N–H and O–H groups in total. The Labute approximate surface area is 159 Å². The highest BCUT2D eigenvalue weighted by Crippen LogP contribution is 2.35. The van der Waals surface area contributed by atoms with Crippen LogP contribution in [0.1, 0.15) is 30.5 Å². The van der Waals surface area contributed by atoms with E-state index in [1.54, 1.807) is 17.9 Å². The van der Waals surface area contributed by atoms with Crippen LogP contribution in [0.15, 0.2) is 65.4 Å². The lowest BCUT2D eigenvalue weighted by Crippen LogP contribution is -2.24. The normalized spacial score (nSPS) is 15.6. The Morgan fingerprint density at radius 3 is 2.41 bits per heavy atom. The summed E-state index contributed by atoms with van der Waals surface area (Å²) in [5.41, 5.74) is 5.11. The third-order valence-electron chi connectivity index (χ3n) is 4.75. The van der Waals surface area contributed by atoms with Gasteiger partial charge in [-0.3, -0.25) is 9.69 Å². The van der Waals surface area contributed by atoms with Crippen molar-refractivity contribution in [1.82, 2.24) is 0 Å². The van der Waals surface area contributed by atoms with Crippen molar-refractivity contribution < 1.29 is 14.3 Å². The minimum absolute atomic E-state index is 0.224. The number of methoxy groups -OCH3 is 1. The summed E-state index contributed by atoms with van der Waals surface area (Å²) in [6.45, 7) is 5.83. The van der Waals surface area contributed by atoms with Crippen LogP contribution in [0.2, 0.25) is 0 Å². The molecule has 4 heteroatoms. The molecular formula is C23H23NO3. The number of hydrogen-bond donors (Lipinski definition) is 0. The first-order valence-corrected chi connectivity index (χ1v) is 8.97. The molecule has 1 amide bonds. The van der Waals surface area contributed by atoms with Crippen molar-refractivity contribution in [2.75, 3.05) is 12.0 Å². The van der Waals surface area contributed by atoms with Gasteiger partial charge >= 0.3 is 5.97 Å². The molecule has 0 aromatic heterocycles. The predicted octanol–water partition coefficient (Wildman–Crippen LogP) is 4.43. The number of ether oxygens (including phenoxy) is 1. The average molecular weight is 361 g/mol. The number of rotatable bonds is 4. The lowest BCUT2D eigenvalue weighted by molar-refractivity contribution is -0.136. The summed E-state index contributed by atoms with van der Waals surface area (Å²) in [5.74, 6) is -0.731. The van der Waals surface area contributed by atoms with Gasteiger partial charge in [0.25, 0.3) is 5.91 Å². The number of allylic oxidation sites excluding steroid dienone is 1. The maximum atomic E-state index is 13.2. The van der Waals surface area contributed by atoms with Crippen LogP contribution in [0.5, 0.6) is 0 Å². The zero-order valence-electron chi connectivity index (χ0n) is 16.1. The third kappa shape index (κ3) is 3.56. The van der Waals surface area contributed by atoms with Gasteiger partial charge < -0.3 is 4.74 Å². The molecule has 2 aromatic rings. The number of nitrogens with zero attached hydrogens (tertiary/aromatic N) is 1. The van der Waals surface area contributed by atoms with Gasteiger partial charge in [0.2, 0.25) is 0 Å². The van der Waals surface area contributed by atoms with E-state index in [9.17, 15) is 9.59 Å². The molecule has 0 aliphatic carbocycles. The SMILES string of the molecule is CCc1ccc(/C=C2\C(=O)N(c3cccc(C)c3)C(C)=C2C(=O)OC)cc1. The molecule has 27 heavy (non-hydrogen) atoms. The van der Waals surface area contributed by atoms with Crippen LogP contribution in [0.25, 0.3) is 6.08 Å². The Balaban J connectivity index is 2.10. The van der Waals surface area contributed by atoms with Gasteiger partial charge in [-0.15, -0.1) is 0 Å². The molecule has 0 bridgehead atoms. The number of amides is 1. The fourth-order valence-corrected chi connectivity index (χ4v) is 3.27. The molecule has 0 fully saturated rings. The van der Waals surface area contributed by atoms with Gasteiger partial charge in [-0.25, -0.2) is 4.79 Å². The van der Waals surface area contributed by atoms with Crippen LogP contribution in [0.4, 0.5) is 5.69 Å². The van der Waals surface area contributed by atoms with E-state index in [-0.39, 0.29) is 5.91 Å². The summed E-state index contributed by atoms with van der Waals surface area (Å²) in [6, 6.07) is 15.6. The maximum Gasteiger partial charge on any atom is 0.340 e. The Kier molecular flexibility index (Phi) is 5.26. The summed E-state index contributed by atoms with van der Waals surface area (Å²) in [5, 5.41) is 0. The van der Waals surface area contributed by atoms with Gasteiger partial charge in [-0.05, 0) is 55.2 Å². The molecule has 2 aromatic carbocycles. The topological polar surface area (TPSA) is 46.6 Å². The fraction of sp³-hybridized carbons (Fsp3) is 0.217. The van der Waals surface area contributed by atoms with Gasteiger partial charge in [0, 0.05) is 11.4 Å². The highest BCUT2D eigenvalue weighted by atomic mass is 16.5. The number of anilines is 1. The first kappa shape index (κ1) is 18.6. The molecule has 0 saturated heterocycles. The summed E-state index contributed by atoms with van der Waals surface area (Å²) in [4.78, 5) is 27.2. The second-order valence-electron chi connectivity index (χ2n) is 6.58. The van der Waals surface area contributed by atoms with Gasteiger partial charge in [0.05, 0.1) is 18.3 Å². The van der Waals surface area contributed by atoms with Crippen LogP contribution in [-0.4, -0.2) is 19.0 Å². The second-order valence-corrected chi connectivity index (χ2v) is 6.58. The standard InChI is InChI=1S/C23H23NO3/c1-5-17-9-11-18(12-10-17)14-20-21(23(26)27-4)16(3)24(22(20)25)19-8-6-7-15(2)13-19/h6-14H,5H2,1-4H3/b20-14-. The largest absolute Gasteiger partial charge is 0.465 e. The molecule has 1 aliphatic rings. The molecule has 1 aliphatic heterocycles. The third-order valence-corrected chi connectivity index (χ3v) is 4.75. The Morgan fingerprint density at radius 1 is 1.11 bits per heavy atom. The van der Waals surface area contributed by atoms with E-state index in [4.69, 9.17) is 4.74 Å². The zero-order chi connectivity index (χ0) is 19.6. The maximum absolute atomic E-state index is 13.2. The van der Waals surface area contributed by atoms with Crippen molar-refractivity contribution in [3.63, 3.8) is 0 Å². The average Bonchev–Trinajstić information content (AvgIpc) is 2.91. The number of aryl methyl sites for hydroxylation is 2. The van der Waals surface area contributed by atoms with E-state index in [2.05, 4.69) is 6.92 Å². The van der Waals surface area contributed by atoms with Gasteiger partial charge in [0.1, 0.15) is 0 Å². The van der Waals surface area contributed by atoms with E-state index in [0.29, 0.717) is 16.8 Å². The Bertz CT molecular complexity index is 952. The van der Waals surface area contributed by atoms with Crippen molar-refractivity contribution >= 4 is 23.6 Å². The molecule has 0 radical (unpaired) electrons. The lowest BCUT2D eigenvalue weighted by atomic mass is 10.0. The summed E-state index contributed by atoms with van der Waals surface area (Å²) < 4.78 is 4.95. The summed E-state index contributed by atoms with van der Waals surface area (Å²) in [6.07, 6.45) is 2.71. The van der Waals surface area contributed by atoms with E-state index >= 15 is 0 Å². The first-order chi connectivity index (χ1) is 13.0. The number of carbonyl (C=O) groups is 2. The van der Waals surface area contributed by atoms with Crippen LogP contribution >= 0.6 is 0 Å². The molecule has 3 rings (SSSR count). The smallest absolute Gasteiger partial charge is 0.340 e. The van der Waals surface area contributed by atoms with Gasteiger partial charge in [0.15, 0.2) is 0 Å². The summed E-state index contributed by atoms with van der Waals surface area (Å²) in [7, 11) is 1.33. The molecule has 138 valence electrons. The van der Waals surface area contributed by atoms with Crippen molar-refractivity contribution in [1.29, 1.82) is 0 Å². The molecule has 0 spiro atoms. The lowest BCUT2D eigenvalue weighted by Gasteiger charge is -2.18. The summed E-state index contributed by atoms with van der Waals surface area (Å²) >= 11 is 0. The van der Waals surface area contributed by atoms with E-state index in [1.807, 2.05) is 55.5 Å². The van der Waals surface area contributed by atoms with Crippen molar-refractivity contribution in [2.24, 2.45) is 0 Å². The number of benzene rings is 2. The van der Waals surface area contributed by atoms with E-state index in [1.165, 1.54) is 12.7 Å². The van der Waals surface area contributed by atoms with Crippen LogP contribution in [0, 0.1) is 6.92 Å². The van der Waals surface area contributed by atoms with Crippen molar-refractivity contribution in [3.8, 4) is 0 Å². The van der Waals surface area contributed by atoms with E-state index in [0.717, 1.165) is 23.2 Å². The quantitative estimate of drug-likeness (QED) is 0.598. The minimum Gasteiger partial charge on any atom is -0.465 e. The van der Waals surface area contributed by atoms with E-state index < -0.39 is 5.97 Å².